The summed E-state index contributed by atoms with van der Waals surface area (Å²) in [5.41, 5.74) is 23.8. The number of fused-ring (bicyclic) bond motifs is 3. The van der Waals surface area contributed by atoms with Gasteiger partial charge in [0.25, 0.3) is 0 Å². The molecule has 3 aliphatic heterocycles. The molecule has 99 heavy (non-hydrogen) atoms. The first kappa shape index (κ1) is 66.6. The van der Waals surface area contributed by atoms with Crippen molar-refractivity contribution in [3.8, 4) is 51.0 Å². The van der Waals surface area contributed by atoms with Gasteiger partial charge in [-0.3, -0.25) is 28.7 Å². The second-order valence-corrected chi connectivity index (χ2v) is 29.6. The number of hydrogen-bond acceptors (Lipinski definition) is 18. The van der Waals surface area contributed by atoms with Crippen molar-refractivity contribution in [3.63, 3.8) is 0 Å². The van der Waals surface area contributed by atoms with Gasteiger partial charge in [0.1, 0.15) is 0 Å². The number of alkyl halides is 9. The van der Waals surface area contributed by atoms with E-state index < -0.39 is 36.3 Å². The minimum atomic E-state index is -4.83. The van der Waals surface area contributed by atoms with Gasteiger partial charge < -0.3 is 45.6 Å². The van der Waals surface area contributed by atoms with Gasteiger partial charge in [-0.25, -0.2) is 15.0 Å². The smallest absolute Gasteiger partial charge is 0.402 e. The van der Waals surface area contributed by atoms with Crippen LogP contribution in [0.3, 0.4) is 0 Å². The van der Waals surface area contributed by atoms with Crippen molar-refractivity contribution < 1.29 is 67.9 Å². The zero-order chi connectivity index (χ0) is 68.2. The van der Waals surface area contributed by atoms with E-state index >= 15 is 0 Å². The van der Waals surface area contributed by atoms with Crippen molar-refractivity contribution in [2.24, 2.45) is 53.3 Å². The molecule has 12 aliphatic rings. The molecule has 0 aromatic carbocycles. The summed E-state index contributed by atoms with van der Waals surface area (Å²) in [6, 6.07) is 11.9. The summed E-state index contributed by atoms with van der Waals surface area (Å²) in [7, 11) is 0. The third-order valence-electron chi connectivity index (χ3n) is 23.0. The predicted molar refractivity (Wildman–Crippen MR) is 343 cm³/mol. The van der Waals surface area contributed by atoms with Crippen LogP contribution < -0.4 is 31.4 Å². The van der Waals surface area contributed by atoms with E-state index in [0.717, 1.165) is 98.5 Å². The molecule has 3 saturated heterocycles. The van der Waals surface area contributed by atoms with E-state index in [-0.39, 0.29) is 17.5 Å². The third-order valence-corrected chi connectivity index (χ3v) is 23.0. The second kappa shape index (κ2) is 26.4. The quantitative estimate of drug-likeness (QED) is 0.0678. The maximum atomic E-state index is 12.8. The molecule has 0 spiro atoms. The fourth-order valence-corrected chi connectivity index (χ4v) is 17.5. The van der Waals surface area contributed by atoms with Crippen molar-refractivity contribution in [1.29, 1.82) is 0 Å². The highest BCUT2D eigenvalue weighted by atomic mass is 19.4. The molecule has 534 valence electrons. The topological polar surface area (TPSA) is 235 Å². The molecule has 21 nitrogen and oxygen atoms in total. The number of nitrogens with two attached hydrogens (primary N) is 3. The van der Waals surface area contributed by atoms with Crippen LogP contribution in [0.15, 0.2) is 55.0 Å². The number of halogens is 9. The van der Waals surface area contributed by atoms with Gasteiger partial charge in [0, 0.05) is 147 Å². The van der Waals surface area contributed by atoms with Gasteiger partial charge in [-0.1, -0.05) is 0 Å². The van der Waals surface area contributed by atoms with Gasteiger partial charge in [0.15, 0.2) is 34.7 Å². The Morgan fingerprint density at radius 2 is 0.616 bits per heavy atom. The lowest BCUT2D eigenvalue weighted by atomic mass is 10.0. The van der Waals surface area contributed by atoms with E-state index in [9.17, 15) is 39.5 Å². The number of ether oxygens (including phenoxy) is 6. The normalized spacial score (nSPS) is 29.8. The Bertz CT molecular complexity index is 3450. The molecule has 12 fully saturated rings. The van der Waals surface area contributed by atoms with Crippen molar-refractivity contribution in [3.05, 3.63) is 72.1 Å². The molecular formula is C69H84F9N15O6. The largest absolute Gasteiger partial charge is 0.573 e. The number of nitrogens with zero attached hydrogens (tertiary/aromatic N) is 12. The van der Waals surface area contributed by atoms with E-state index in [1.807, 2.05) is 18.2 Å². The lowest BCUT2D eigenvalue weighted by molar-refractivity contribution is -0.275. The summed E-state index contributed by atoms with van der Waals surface area (Å²) in [6.07, 6.45) is 4.37. The van der Waals surface area contributed by atoms with Gasteiger partial charge in [-0.15, -0.1) is 39.5 Å². The minimum Gasteiger partial charge on any atom is -0.402 e. The molecule has 0 bridgehead atoms. The molecule has 6 aromatic rings. The monoisotopic (exact) mass is 1390 g/mol. The average molecular weight is 1390 g/mol. The van der Waals surface area contributed by atoms with Crippen LogP contribution in [-0.4, -0.2) is 175 Å². The number of rotatable bonds is 18. The van der Waals surface area contributed by atoms with Crippen molar-refractivity contribution in [1.82, 2.24) is 59.0 Å². The fraction of sp³-hybridized carbons (Fsp3) is 0.652. The summed E-state index contributed by atoms with van der Waals surface area (Å²) in [5, 5.41) is 14.4. The van der Waals surface area contributed by atoms with Gasteiger partial charge >= 0.3 is 19.1 Å². The van der Waals surface area contributed by atoms with E-state index in [2.05, 4.69) is 57.9 Å². The summed E-state index contributed by atoms with van der Waals surface area (Å²) in [6.45, 7) is 13.6. The maximum Gasteiger partial charge on any atom is 0.573 e. The Kier molecular flexibility index (Phi) is 17.8. The van der Waals surface area contributed by atoms with Crippen LogP contribution in [0.1, 0.15) is 112 Å². The van der Waals surface area contributed by atoms with Crippen LogP contribution in [0.25, 0.3) is 33.8 Å². The first-order valence-corrected chi connectivity index (χ1v) is 35.3. The third kappa shape index (κ3) is 15.2. The fourth-order valence-electron chi connectivity index (χ4n) is 17.5. The first-order valence-electron chi connectivity index (χ1n) is 35.3. The molecule has 18 rings (SSSR count). The van der Waals surface area contributed by atoms with Gasteiger partial charge in [-0.2, -0.15) is 15.3 Å². The first-order chi connectivity index (χ1) is 47.6. The summed E-state index contributed by atoms with van der Waals surface area (Å²) < 4.78 is 150. The molecular weight excluding hydrogens is 1310 g/mol. The molecule has 6 N–H and O–H groups in total. The zero-order valence-electron chi connectivity index (χ0n) is 54.9. The van der Waals surface area contributed by atoms with E-state index in [0.29, 0.717) is 123 Å². The molecule has 30 heteroatoms. The minimum absolute atomic E-state index is 0.292. The highest BCUT2D eigenvalue weighted by Crippen LogP contribution is 2.67. The Morgan fingerprint density at radius 1 is 0.374 bits per heavy atom. The van der Waals surface area contributed by atoms with Gasteiger partial charge in [0.05, 0.1) is 56.7 Å². The number of morpholine rings is 3. The molecule has 0 radical (unpaired) electrons. The van der Waals surface area contributed by atoms with Gasteiger partial charge in [-0.05, 0) is 167 Å². The molecule has 6 aromatic heterocycles. The molecule has 9 heterocycles. The maximum absolute atomic E-state index is 12.8. The standard InChI is InChI=1S/3C23H28F3N5O2/c3*24-23(25,26)33-20-7-14(11-28-22(20)27)18-10-19(31(29-18)12-13-1-2-13)21-16-8-15(9-17(16)21)30-3-5-32-6-4-30/h3*7,10-11,13,15-17,21H,1-6,8-9,12H2,(H2,27,28)/t3*15?,16-,17+,21?. The van der Waals surface area contributed by atoms with Crippen molar-refractivity contribution in [2.75, 3.05) is 96.1 Å². The Morgan fingerprint density at radius 3 is 0.838 bits per heavy atom. The highest BCUT2D eigenvalue weighted by Gasteiger charge is 2.61. The summed E-state index contributed by atoms with van der Waals surface area (Å²) >= 11 is 0. The SMILES string of the molecule is Nc1ncc(-c2cc(C3[C@H]4CC(N5CCOCC5)C[C@@H]34)n(CC3CC3)n2)cc1OC(F)(F)F.Nc1ncc(-c2cc(C3[C@H]4CC(N5CCOCC5)C[C@@H]34)n(CC3CC3)n2)cc1OC(F)(F)F.Nc1ncc(-c2cc(C3[C@H]4CC(N5CCOCC5)C[C@@H]34)n(CC3CC3)n2)cc1OC(F)(F)F. The lowest BCUT2D eigenvalue weighted by Gasteiger charge is -2.33. The molecule has 9 saturated carbocycles. The molecule has 12 atom stereocenters. The summed E-state index contributed by atoms with van der Waals surface area (Å²) in [5.74, 6) is 4.99. The number of pyridine rings is 3. The van der Waals surface area contributed by atoms with Gasteiger partial charge in [0.2, 0.25) is 0 Å². The van der Waals surface area contributed by atoms with E-state index in [4.69, 9.17) is 46.7 Å². The Labute approximate surface area is 566 Å². The second-order valence-electron chi connectivity index (χ2n) is 29.6. The zero-order valence-corrected chi connectivity index (χ0v) is 54.9. The number of hydrogen-bond donors (Lipinski definition) is 3. The predicted octanol–water partition coefficient (Wildman–Crippen LogP) is 11.0. The molecule has 0 amide bonds. The Hall–Kier alpha value is -6.99. The highest BCUT2D eigenvalue weighted by molar-refractivity contribution is 5.67. The van der Waals surface area contributed by atoms with Crippen LogP contribution in [0.4, 0.5) is 57.0 Å². The molecule has 6 unspecified atom stereocenters. The number of nitrogen functional groups attached to an aromatic ring is 3. The number of aromatic nitrogens is 9. The lowest BCUT2D eigenvalue weighted by Crippen LogP contribution is -2.43. The molecule has 9 aliphatic carbocycles. The van der Waals surface area contributed by atoms with Crippen LogP contribution in [0, 0.1) is 53.3 Å². The van der Waals surface area contributed by atoms with Crippen LogP contribution in [0.5, 0.6) is 17.2 Å². The van der Waals surface area contributed by atoms with E-state index in [1.165, 1.54) is 131 Å². The van der Waals surface area contributed by atoms with E-state index in [1.54, 1.807) is 0 Å². The number of anilines is 3. The van der Waals surface area contributed by atoms with Crippen LogP contribution in [-0.2, 0) is 33.8 Å². The van der Waals surface area contributed by atoms with Crippen LogP contribution in [0.2, 0.25) is 0 Å². The van der Waals surface area contributed by atoms with Crippen molar-refractivity contribution >= 4 is 17.5 Å². The van der Waals surface area contributed by atoms with Crippen molar-refractivity contribution in [2.45, 2.75) is 152 Å². The summed E-state index contributed by atoms with van der Waals surface area (Å²) in [4.78, 5) is 19.5. The Balaban J connectivity index is 0.000000116. The van der Waals surface area contributed by atoms with Crippen LogP contribution >= 0.6 is 0 Å². The average Bonchev–Trinajstić information content (AvgIpc) is 1.57.